The van der Waals surface area contributed by atoms with Crippen molar-refractivity contribution < 1.29 is 19.2 Å². The summed E-state index contributed by atoms with van der Waals surface area (Å²) in [5, 5.41) is 19.0. The molecule has 176 valence electrons. The molecule has 4 aromatic rings. The van der Waals surface area contributed by atoms with Gasteiger partial charge in [0.15, 0.2) is 11.5 Å². The number of fused-ring (bicyclic) bond motifs is 1. The third-order valence-corrected chi connectivity index (χ3v) is 6.08. The van der Waals surface area contributed by atoms with Crippen molar-refractivity contribution in [2.75, 3.05) is 19.5 Å². The first-order valence-corrected chi connectivity index (χ1v) is 10.9. The maximum absolute atomic E-state index is 12.9. The highest BCUT2D eigenvalue weighted by molar-refractivity contribution is 5.96. The smallest absolute Gasteiger partial charge is 0.269 e. The van der Waals surface area contributed by atoms with Gasteiger partial charge in [0.1, 0.15) is 5.82 Å². The van der Waals surface area contributed by atoms with E-state index in [2.05, 4.69) is 5.32 Å². The van der Waals surface area contributed by atoms with Crippen LogP contribution in [0.2, 0.25) is 0 Å². The van der Waals surface area contributed by atoms with Gasteiger partial charge in [-0.25, -0.2) is 4.68 Å². The molecule has 1 atom stereocenters. The average Bonchev–Trinajstić information content (AvgIpc) is 3.27. The monoisotopic (exact) mass is 470 g/mol. The molecule has 1 unspecified atom stereocenters. The van der Waals surface area contributed by atoms with Crippen molar-refractivity contribution in [2.45, 2.75) is 12.3 Å². The summed E-state index contributed by atoms with van der Waals surface area (Å²) in [6.45, 7) is 0. The summed E-state index contributed by atoms with van der Waals surface area (Å²) in [6, 6.07) is 21.4. The van der Waals surface area contributed by atoms with Gasteiger partial charge < -0.3 is 14.8 Å². The second kappa shape index (κ2) is 8.94. The summed E-state index contributed by atoms with van der Waals surface area (Å²) in [6.07, 6.45) is 0.230. The lowest BCUT2D eigenvalue weighted by Crippen LogP contribution is -2.25. The quantitative estimate of drug-likeness (QED) is 0.316. The lowest BCUT2D eigenvalue weighted by atomic mass is 9.84. The van der Waals surface area contributed by atoms with Crippen LogP contribution in [-0.2, 0) is 4.79 Å². The number of nitro groups is 1. The topological polar surface area (TPSA) is 109 Å². The van der Waals surface area contributed by atoms with Gasteiger partial charge in [-0.2, -0.15) is 5.10 Å². The number of nitro benzene ring substituents is 1. The van der Waals surface area contributed by atoms with E-state index >= 15 is 0 Å². The first-order valence-electron chi connectivity index (χ1n) is 10.9. The van der Waals surface area contributed by atoms with E-state index in [4.69, 9.17) is 14.6 Å². The van der Waals surface area contributed by atoms with Crippen LogP contribution in [0, 0.1) is 10.1 Å². The Labute approximate surface area is 201 Å². The van der Waals surface area contributed by atoms with E-state index in [-0.39, 0.29) is 23.9 Å². The number of amides is 1. The minimum Gasteiger partial charge on any atom is -0.493 e. The molecule has 2 heterocycles. The molecule has 0 aliphatic carbocycles. The van der Waals surface area contributed by atoms with Gasteiger partial charge in [-0.05, 0) is 29.8 Å². The maximum Gasteiger partial charge on any atom is 0.269 e. The van der Waals surface area contributed by atoms with Crippen LogP contribution in [0.4, 0.5) is 11.5 Å². The number of anilines is 1. The van der Waals surface area contributed by atoms with Crippen LogP contribution in [0.15, 0.2) is 72.8 Å². The van der Waals surface area contributed by atoms with Crippen molar-refractivity contribution in [3.05, 3.63) is 94.0 Å². The molecule has 35 heavy (non-hydrogen) atoms. The molecular weight excluding hydrogens is 448 g/mol. The Kier molecular flexibility index (Phi) is 5.66. The van der Waals surface area contributed by atoms with E-state index < -0.39 is 4.92 Å². The molecular formula is C26H22N4O5. The van der Waals surface area contributed by atoms with Crippen LogP contribution < -0.4 is 14.8 Å². The molecule has 0 fully saturated rings. The zero-order valence-corrected chi connectivity index (χ0v) is 19.1. The highest BCUT2D eigenvalue weighted by Gasteiger charge is 2.34. The van der Waals surface area contributed by atoms with Crippen LogP contribution in [0.3, 0.4) is 0 Å². The zero-order chi connectivity index (χ0) is 24.5. The van der Waals surface area contributed by atoms with E-state index in [1.807, 2.05) is 48.5 Å². The van der Waals surface area contributed by atoms with Crippen molar-refractivity contribution in [3.8, 4) is 28.4 Å². The number of carbonyl (C=O) groups excluding carboxylic acids is 1. The second-order valence-corrected chi connectivity index (χ2v) is 8.08. The first-order chi connectivity index (χ1) is 17.0. The van der Waals surface area contributed by atoms with E-state index in [9.17, 15) is 14.9 Å². The average molecular weight is 470 g/mol. The fourth-order valence-corrected chi connectivity index (χ4v) is 4.42. The predicted molar refractivity (Wildman–Crippen MR) is 130 cm³/mol. The molecule has 3 aromatic carbocycles. The molecule has 5 rings (SSSR count). The Balaban J connectivity index is 1.72. The fourth-order valence-electron chi connectivity index (χ4n) is 4.42. The highest BCUT2D eigenvalue weighted by Crippen LogP contribution is 2.45. The van der Waals surface area contributed by atoms with E-state index in [1.54, 1.807) is 31.0 Å². The second-order valence-electron chi connectivity index (χ2n) is 8.08. The van der Waals surface area contributed by atoms with Crippen molar-refractivity contribution >= 4 is 17.4 Å². The highest BCUT2D eigenvalue weighted by atomic mass is 16.6. The van der Waals surface area contributed by atoms with Gasteiger partial charge in [0.2, 0.25) is 5.91 Å². The van der Waals surface area contributed by atoms with Gasteiger partial charge in [-0.3, -0.25) is 14.9 Å². The summed E-state index contributed by atoms with van der Waals surface area (Å²) >= 11 is 0. The summed E-state index contributed by atoms with van der Waals surface area (Å²) in [5.74, 6) is 1.26. The lowest BCUT2D eigenvalue weighted by Gasteiger charge is -2.25. The van der Waals surface area contributed by atoms with Crippen molar-refractivity contribution in [2.24, 2.45) is 0 Å². The number of aromatic nitrogens is 2. The molecule has 0 spiro atoms. The molecule has 1 aliphatic heterocycles. The summed E-state index contributed by atoms with van der Waals surface area (Å²) in [7, 11) is 3.15. The number of nitrogens with one attached hydrogen (secondary N) is 1. The standard InChI is InChI=1S/C26H22N4O5/c1-34-21-13-8-17(14-22(21)35-2)20-15-23(31)27-26-24(20)25(16-6-4-3-5-7-16)28-29(26)18-9-11-19(12-10-18)30(32)33/h3-14,20H,15H2,1-2H3,(H,27,31). The normalized spacial score (nSPS) is 14.7. The molecule has 9 nitrogen and oxygen atoms in total. The van der Waals surface area contributed by atoms with Gasteiger partial charge in [-0.1, -0.05) is 36.4 Å². The van der Waals surface area contributed by atoms with Crippen LogP contribution in [0.5, 0.6) is 11.5 Å². The number of hydrogen-bond acceptors (Lipinski definition) is 6. The Morgan fingerprint density at radius 1 is 1.00 bits per heavy atom. The molecule has 0 saturated carbocycles. The Hall–Kier alpha value is -4.66. The minimum absolute atomic E-state index is 0.0229. The first kappa shape index (κ1) is 22.1. The van der Waals surface area contributed by atoms with E-state index in [0.717, 1.165) is 22.4 Å². The molecule has 1 aromatic heterocycles. The fraction of sp³-hybridized carbons (Fsp3) is 0.154. The summed E-state index contributed by atoms with van der Waals surface area (Å²) < 4.78 is 12.5. The maximum atomic E-state index is 12.9. The summed E-state index contributed by atoms with van der Waals surface area (Å²) in [4.78, 5) is 23.5. The number of non-ortho nitro benzene ring substituents is 1. The number of rotatable bonds is 6. The van der Waals surface area contributed by atoms with Crippen molar-refractivity contribution in [1.82, 2.24) is 9.78 Å². The number of carbonyl (C=O) groups is 1. The number of hydrogen-bond donors (Lipinski definition) is 1. The van der Waals surface area contributed by atoms with Gasteiger partial charge in [-0.15, -0.1) is 0 Å². The molecule has 0 bridgehead atoms. The molecule has 1 N–H and O–H groups in total. The van der Waals surface area contributed by atoms with Crippen LogP contribution in [-0.4, -0.2) is 34.8 Å². The number of methoxy groups -OCH3 is 2. The largest absolute Gasteiger partial charge is 0.493 e. The minimum atomic E-state index is -0.452. The summed E-state index contributed by atoms with van der Waals surface area (Å²) in [5.41, 5.74) is 3.94. The third-order valence-electron chi connectivity index (χ3n) is 6.08. The van der Waals surface area contributed by atoms with Crippen molar-refractivity contribution in [3.63, 3.8) is 0 Å². The number of nitrogens with zero attached hydrogens (tertiary/aromatic N) is 3. The number of benzene rings is 3. The third kappa shape index (κ3) is 3.97. The SMILES string of the molecule is COc1ccc(C2CC(=O)Nc3c2c(-c2ccccc2)nn3-c2ccc([N+](=O)[O-])cc2)cc1OC. The molecule has 0 radical (unpaired) electrons. The zero-order valence-electron chi connectivity index (χ0n) is 19.1. The predicted octanol–water partition coefficient (Wildman–Crippen LogP) is 4.94. The van der Waals surface area contributed by atoms with E-state index in [0.29, 0.717) is 23.0 Å². The Morgan fingerprint density at radius 3 is 2.37 bits per heavy atom. The van der Waals surface area contributed by atoms with Crippen LogP contribution in [0.25, 0.3) is 16.9 Å². The van der Waals surface area contributed by atoms with Crippen LogP contribution >= 0.6 is 0 Å². The molecule has 0 saturated heterocycles. The molecule has 1 aliphatic rings. The molecule has 1 amide bonds. The van der Waals surface area contributed by atoms with Gasteiger partial charge in [0, 0.05) is 35.6 Å². The van der Waals surface area contributed by atoms with Gasteiger partial charge in [0.05, 0.1) is 30.5 Å². The van der Waals surface area contributed by atoms with Crippen molar-refractivity contribution in [1.29, 1.82) is 0 Å². The lowest BCUT2D eigenvalue weighted by molar-refractivity contribution is -0.384. The van der Waals surface area contributed by atoms with Crippen LogP contribution in [0.1, 0.15) is 23.5 Å². The Morgan fingerprint density at radius 2 is 1.71 bits per heavy atom. The Bertz CT molecular complexity index is 1410. The van der Waals surface area contributed by atoms with Gasteiger partial charge in [0.25, 0.3) is 5.69 Å². The molecule has 9 heteroatoms. The van der Waals surface area contributed by atoms with Gasteiger partial charge >= 0.3 is 0 Å². The van der Waals surface area contributed by atoms with E-state index in [1.165, 1.54) is 12.1 Å². The number of ether oxygens (including phenoxy) is 2.